The number of nitrogens with one attached hydrogen (secondary N) is 1. The number of carbonyl (C=O) groups excluding carboxylic acids is 2. The molecule has 0 bridgehead atoms. The van der Waals surface area contributed by atoms with Crippen LogP contribution in [0.3, 0.4) is 0 Å². The summed E-state index contributed by atoms with van der Waals surface area (Å²) in [7, 11) is 0. The summed E-state index contributed by atoms with van der Waals surface area (Å²) >= 11 is 11.7. The fourth-order valence-electron chi connectivity index (χ4n) is 1.45. The van der Waals surface area contributed by atoms with Crippen LogP contribution in [0.15, 0.2) is 30.9 Å². The van der Waals surface area contributed by atoms with Crippen molar-refractivity contribution < 1.29 is 19.1 Å². The summed E-state index contributed by atoms with van der Waals surface area (Å²) in [5, 5.41) is 3.27. The van der Waals surface area contributed by atoms with Crippen LogP contribution in [-0.4, -0.2) is 30.6 Å². The Morgan fingerprint density at radius 2 is 2.00 bits per heavy atom. The van der Waals surface area contributed by atoms with E-state index in [9.17, 15) is 9.59 Å². The zero-order chi connectivity index (χ0) is 16.7. The van der Waals surface area contributed by atoms with E-state index in [1.807, 2.05) is 0 Å². The van der Waals surface area contributed by atoms with Gasteiger partial charge < -0.3 is 14.8 Å². The average Bonchev–Trinajstić information content (AvgIpc) is 2.47. The van der Waals surface area contributed by atoms with E-state index in [-0.39, 0.29) is 5.02 Å². The molecule has 1 rings (SSSR count). The van der Waals surface area contributed by atoms with E-state index in [1.54, 1.807) is 12.1 Å². The van der Waals surface area contributed by atoms with E-state index in [1.165, 1.54) is 26.0 Å². The average molecular weight is 346 g/mol. The predicted molar refractivity (Wildman–Crippen MR) is 85.3 cm³/mol. The van der Waals surface area contributed by atoms with Gasteiger partial charge in [-0.2, -0.15) is 0 Å². The Kier molecular flexibility index (Phi) is 7.21. The van der Waals surface area contributed by atoms with Gasteiger partial charge in [0.1, 0.15) is 5.75 Å². The first kappa shape index (κ1) is 18.3. The molecule has 0 spiro atoms. The highest BCUT2D eigenvalue weighted by atomic mass is 35.5. The molecule has 7 heteroatoms. The quantitative estimate of drug-likeness (QED) is 0.609. The summed E-state index contributed by atoms with van der Waals surface area (Å²) in [6.45, 7) is 6.75. The zero-order valence-corrected chi connectivity index (χ0v) is 13.8. The largest absolute Gasteiger partial charge is 0.477 e. The van der Waals surface area contributed by atoms with Crippen molar-refractivity contribution in [3.05, 3.63) is 40.9 Å². The maximum absolute atomic E-state index is 11.9. The fourth-order valence-corrected chi connectivity index (χ4v) is 1.90. The Hall–Kier alpha value is -1.72. The molecule has 22 heavy (non-hydrogen) atoms. The number of benzene rings is 1. The zero-order valence-electron chi connectivity index (χ0n) is 12.3. The van der Waals surface area contributed by atoms with Crippen LogP contribution < -0.4 is 10.1 Å². The second kappa shape index (κ2) is 8.66. The Bertz CT molecular complexity index is 562. The summed E-state index contributed by atoms with van der Waals surface area (Å²) < 4.78 is 10.4. The van der Waals surface area contributed by atoms with Gasteiger partial charge >= 0.3 is 5.97 Å². The molecule has 0 aromatic heterocycles. The number of hydrogen-bond acceptors (Lipinski definition) is 4. The van der Waals surface area contributed by atoms with Crippen molar-refractivity contribution in [1.29, 1.82) is 0 Å². The molecule has 0 radical (unpaired) electrons. The van der Waals surface area contributed by atoms with Crippen molar-refractivity contribution in [2.45, 2.75) is 26.1 Å². The van der Waals surface area contributed by atoms with Gasteiger partial charge in [-0.25, -0.2) is 4.79 Å². The minimum Gasteiger partial charge on any atom is -0.477 e. The van der Waals surface area contributed by atoms with E-state index >= 15 is 0 Å². The minimum absolute atomic E-state index is 0.281. The van der Waals surface area contributed by atoms with Gasteiger partial charge in [0.25, 0.3) is 5.91 Å². The highest BCUT2D eigenvalue weighted by Gasteiger charge is 2.23. The molecule has 0 saturated carbocycles. The van der Waals surface area contributed by atoms with Gasteiger partial charge in [0.05, 0.1) is 5.02 Å². The first-order valence-electron chi connectivity index (χ1n) is 6.56. The van der Waals surface area contributed by atoms with Gasteiger partial charge in [-0.15, -0.1) is 6.58 Å². The Morgan fingerprint density at radius 3 is 2.59 bits per heavy atom. The Morgan fingerprint density at radius 1 is 1.32 bits per heavy atom. The maximum atomic E-state index is 11.9. The number of halogens is 2. The number of rotatable bonds is 7. The molecule has 120 valence electrons. The van der Waals surface area contributed by atoms with Crippen LogP contribution in [0.5, 0.6) is 5.75 Å². The van der Waals surface area contributed by atoms with Crippen molar-refractivity contribution in [3.8, 4) is 5.75 Å². The van der Waals surface area contributed by atoms with Crippen molar-refractivity contribution in [2.75, 3.05) is 6.54 Å². The summed E-state index contributed by atoms with van der Waals surface area (Å²) in [5.41, 5.74) is 0. The standard InChI is InChI=1S/C15H17Cl2NO4/c1-4-7-18-14(19)9(2)22-15(20)10(3)21-13-6-5-11(16)8-12(13)17/h4-6,8-10H,1,7H2,2-3H3,(H,18,19)/t9-,10+/m0/s1. The van der Waals surface area contributed by atoms with Crippen LogP contribution in [-0.2, 0) is 14.3 Å². The SMILES string of the molecule is C=CCNC(=O)[C@H](C)OC(=O)[C@@H](C)Oc1ccc(Cl)cc1Cl. The second-order valence-electron chi connectivity index (χ2n) is 4.45. The highest BCUT2D eigenvalue weighted by Crippen LogP contribution is 2.28. The van der Waals surface area contributed by atoms with Crippen molar-refractivity contribution in [3.63, 3.8) is 0 Å². The van der Waals surface area contributed by atoms with Gasteiger partial charge in [-0.1, -0.05) is 29.3 Å². The molecule has 1 amide bonds. The molecule has 0 heterocycles. The first-order valence-corrected chi connectivity index (χ1v) is 7.31. The number of ether oxygens (including phenoxy) is 2. The third-order valence-electron chi connectivity index (χ3n) is 2.61. The Labute approximate surface area is 139 Å². The summed E-state index contributed by atoms with van der Waals surface area (Å²) in [6, 6.07) is 4.64. The van der Waals surface area contributed by atoms with E-state index in [4.69, 9.17) is 32.7 Å². The van der Waals surface area contributed by atoms with E-state index < -0.39 is 24.1 Å². The van der Waals surface area contributed by atoms with Crippen LogP contribution in [0.25, 0.3) is 0 Å². The molecule has 1 N–H and O–H groups in total. The summed E-state index contributed by atoms with van der Waals surface area (Å²) in [4.78, 5) is 23.5. The fraction of sp³-hybridized carbons (Fsp3) is 0.333. The molecule has 2 atom stereocenters. The molecule has 5 nitrogen and oxygen atoms in total. The molecule has 0 aliphatic rings. The van der Waals surface area contributed by atoms with Crippen LogP contribution in [0, 0.1) is 0 Å². The summed E-state index contributed by atoms with van der Waals surface area (Å²) in [5.74, 6) is -0.781. The second-order valence-corrected chi connectivity index (χ2v) is 5.29. The van der Waals surface area contributed by atoms with Gasteiger partial charge in [-0.05, 0) is 32.0 Å². The lowest BCUT2D eigenvalue weighted by Gasteiger charge is -2.18. The van der Waals surface area contributed by atoms with Crippen LogP contribution >= 0.6 is 23.2 Å². The van der Waals surface area contributed by atoms with Crippen LogP contribution in [0.1, 0.15) is 13.8 Å². The normalized spacial score (nSPS) is 12.9. The Balaban J connectivity index is 2.57. The van der Waals surface area contributed by atoms with Gasteiger partial charge in [0.2, 0.25) is 0 Å². The number of carbonyl (C=O) groups is 2. The van der Waals surface area contributed by atoms with Crippen LogP contribution in [0.4, 0.5) is 0 Å². The van der Waals surface area contributed by atoms with Crippen LogP contribution in [0.2, 0.25) is 10.0 Å². The number of esters is 1. The molecule has 0 aliphatic carbocycles. The number of amides is 1. The lowest BCUT2D eigenvalue weighted by atomic mass is 10.3. The van der Waals surface area contributed by atoms with Crippen molar-refractivity contribution in [2.24, 2.45) is 0 Å². The van der Waals surface area contributed by atoms with Crippen molar-refractivity contribution in [1.82, 2.24) is 5.32 Å². The smallest absolute Gasteiger partial charge is 0.347 e. The van der Waals surface area contributed by atoms with E-state index in [0.717, 1.165) is 0 Å². The first-order chi connectivity index (χ1) is 10.3. The molecule has 0 aliphatic heterocycles. The molecule has 0 saturated heterocycles. The highest BCUT2D eigenvalue weighted by molar-refractivity contribution is 6.35. The molecular formula is C15H17Cl2NO4. The molecule has 1 aromatic rings. The topological polar surface area (TPSA) is 64.6 Å². The lowest BCUT2D eigenvalue weighted by Crippen LogP contribution is -2.38. The molecule has 1 aromatic carbocycles. The minimum atomic E-state index is -0.931. The van der Waals surface area contributed by atoms with E-state index in [2.05, 4.69) is 11.9 Å². The van der Waals surface area contributed by atoms with Crippen molar-refractivity contribution >= 4 is 35.1 Å². The molecule has 0 fully saturated rings. The number of hydrogen-bond donors (Lipinski definition) is 1. The monoisotopic (exact) mass is 345 g/mol. The third kappa shape index (κ3) is 5.58. The van der Waals surface area contributed by atoms with Gasteiger partial charge in [0, 0.05) is 11.6 Å². The maximum Gasteiger partial charge on any atom is 0.347 e. The van der Waals surface area contributed by atoms with Gasteiger partial charge in [0.15, 0.2) is 12.2 Å². The third-order valence-corrected chi connectivity index (χ3v) is 3.14. The molecule has 0 unspecified atom stereocenters. The lowest BCUT2D eigenvalue weighted by molar-refractivity contribution is -0.160. The predicted octanol–water partition coefficient (Wildman–Crippen LogP) is 2.99. The van der Waals surface area contributed by atoms with E-state index in [0.29, 0.717) is 17.3 Å². The summed E-state index contributed by atoms with van der Waals surface area (Å²) in [6.07, 6.45) is -0.326. The van der Waals surface area contributed by atoms with Gasteiger partial charge in [-0.3, -0.25) is 4.79 Å². The molecular weight excluding hydrogens is 329 g/mol.